The first kappa shape index (κ1) is 35.1. The van der Waals surface area contributed by atoms with E-state index in [1.165, 1.54) is 35.1 Å². The van der Waals surface area contributed by atoms with Crippen LogP contribution in [-0.2, 0) is 11.3 Å². The van der Waals surface area contributed by atoms with Gasteiger partial charge in [0, 0.05) is 31.2 Å². The number of alkyl halides is 3. The second-order valence-corrected chi connectivity index (χ2v) is 12.2. The number of halogens is 3. The fourth-order valence-corrected chi connectivity index (χ4v) is 5.25. The molecule has 2 unspecified atom stereocenters. The number of aryl methyl sites for hydroxylation is 1. The van der Waals surface area contributed by atoms with Crippen LogP contribution in [0.15, 0.2) is 96.2 Å². The summed E-state index contributed by atoms with van der Waals surface area (Å²) >= 11 is 0. The third kappa shape index (κ3) is 11.0. The lowest BCUT2D eigenvalue weighted by Gasteiger charge is -2.21. The summed E-state index contributed by atoms with van der Waals surface area (Å²) in [7, 11) is 0. The number of hydrogen-bond acceptors (Lipinski definition) is 5. The van der Waals surface area contributed by atoms with Crippen molar-refractivity contribution >= 4 is 11.5 Å². The Labute approximate surface area is 271 Å². The molecule has 1 heterocycles. The zero-order valence-electron chi connectivity index (χ0n) is 27.1. The van der Waals surface area contributed by atoms with Gasteiger partial charge < -0.3 is 21.7 Å². The maximum absolute atomic E-state index is 13.1. The lowest BCUT2D eigenvalue weighted by molar-refractivity contribution is -0.115. The van der Waals surface area contributed by atoms with Gasteiger partial charge >= 0.3 is 6.18 Å². The Balaban J connectivity index is 0.000000209. The van der Waals surface area contributed by atoms with Crippen molar-refractivity contribution in [2.45, 2.75) is 77.7 Å². The first-order valence-corrected chi connectivity index (χ1v) is 16.3. The average Bonchev–Trinajstić information content (AvgIpc) is 3.96. The molecule has 3 aromatic rings. The fourth-order valence-electron chi connectivity index (χ4n) is 5.25. The van der Waals surface area contributed by atoms with Crippen molar-refractivity contribution in [1.29, 1.82) is 0 Å². The van der Waals surface area contributed by atoms with Crippen molar-refractivity contribution in [2.75, 3.05) is 18.4 Å². The van der Waals surface area contributed by atoms with E-state index >= 15 is 0 Å². The first-order chi connectivity index (χ1) is 22.1. The van der Waals surface area contributed by atoms with E-state index in [9.17, 15) is 18.0 Å². The lowest BCUT2D eigenvalue weighted by Crippen LogP contribution is -2.24. The van der Waals surface area contributed by atoms with Gasteiger partial charge in [0.1, 0.15) is 0 Å². The Hall–Kier alpha value is -3.72. The molecule has 5 N–H and O–H groups in total. The zero-order chi connectivity index (χ0) is 33.1. The second-order valence-electron chi connectivity index (χ2n) is 12.2. The Morgan fingerprint density at radius 3 is 2.33 bits per heavy atom. The van der Waals surface area contributed by atoms with Gasteiger partial charge in [-0.25, -0.2) is 0 Å². The van der Waals surface area contributed by atoms with Crippen LogP contribution in [0, 0.1) is 12.8 Å². The highest BCUT2D eigenvalue weighted by atomic mass is 19.4. The van der Waals surface area contributed by atoms with Crippen molar-refractivity contribution in [1.82, 2.24) is 10.6 Å². The van der Waals surface area contributed by atoms with Crippen LogP contribution in [0.25, 0.3) is 0 Å². The van der Waals surface area contributed by atoms with Crippen LogP contribution in [0.5, 0.6) is 0 Å². The molecular weight excluding hydrogens is 585 g/mol. The van der Waals surface area contributed by atoms with E-state index in [1.54, 1.807) is 38.1 Å². The van der Waals surface area contributed by atoms with Crippen LogP contribution in [0.2, 0.25) is 0 Å². The molecule has 8 heteroatoms. The maximum atomic E-state index is 13.1. The summed E-state index contributed by atoms with van der Waals surface area (Å²) in [5, 5.41) is 10.0. The molecular formula is C38H47F3N4O. The molecule has 0 spiro atoms. The second kappa shape index (κ2) is 16.7. The number of allylic oxidation sites excluding steroid dienone is 4. The van der Waals surface area contributed by atoms with E-state index < -0.39 is 11.7 Å². The fraction of sp³-hybridized carbons (Fsp3) is 0.395. The molecule has 0 amide bonds. The summed E-state index contributed by atoms with van der Waals surface area (Å²) in [6.45, 7) is 8.15. The molecule has 1 saturated carbocycles. The van der Waals surface area contributed by atoms with Gasteiger partial charge in [0.05, 0.1) is 17.3 Å². The van der Waals surface area contributed by atoms with Crippen molar-refractivity contribution in [3.05, 3.63) is 124 Å². The maximum Gasteiger partial charge on any atom is 0.416 e. The minimum absolute atomic E-state index is 0.0666. The molecule has 246 valence electrons. The number of hydrogen-bond donors (Lipinski definition) is 4. The third-order valence-electron chi connectivity index (χ3n) is 8.01. The number of benzene rings is 3. The Bertz CT molecular complexity index is 1510. The van der Waals surface area contributed by atoms with Crippen molar-refractivity contribution < 1.29 is 18.0 Å². The molecule has 2 aliphatic rings. The number of nitrogens with two attached hydrogens (primary N) is 1. The molecule has 2 atom stereocenters. The highest BCUT2D eigenvalue weighted by molar-refractivity contribution is 5.98. The number of nitrogens with one attached hydrogen (secondary N) is 3. The van der Waals surface area contributed by atoms with Gasteiger partial charge in [-0.1, -0.05) is 86.2 Å². The zero-order valence-corrected chi connectivity index (χ0v) is 27.1. The SMILES string of the molecule is CC/C=C(/C=C(\Nc1cccc(CN)c1)C(=O)CCC)C(F)(F)F.Cc1cccc(C(NCC2CC2)c2cccc(C3CN3)c2)c1. The summed E-state index contributed by atoms with van der Waals surface area (Å²) in [6, 6.07) is 25.8. The van der Waals surface area contributed by atoms with Crippen molar-refractivity contribution in [2.24, 2.45) is 11.7 Å². The number of carbonyl (C=O) groups excluding carboxylic acids is 1. The summed E-state index contributed by atoms with van der Waals surface area (Å²) in [5.41, 5.74) is 11.5. The molecule has 46 heavy (non-hydrogen) atoms. The molecule has 2 fully saturated rings. The molecule has 0 radical (unpaired) electrons. The topological polar surface area (TPSA) is 89.1 Å². The number of ketones is 1. The highest BCUT2D eigenvalue weighted by Crippen LogP contribution is 2.32. The van der Waals surface area contributed by atoms with Gasteiger partial charge in [0.25, 0.3) is 0 Å². The smallest absolute Gasteiger partial charge is 0.353 e. The Morgan fingerprint density at radius 2 is 1.72 bits per heavy atom. The molecule has 0 bridgehead atoms. The van der Waals surface area contributed by atoms with E-state index in [1.807, 2.05) is 0 Å². The molecule has 1 saturated heterocycles. The van der Waals surface area contributed by atoms with Crippen molar-refractivity contribution in [3.63, 3.8) is 0 Å². The summed E-state index contributed by atoms with van der Waals surface area (Å²) in [4.78, 5) is 12.2. The Morgan fingerprint density at radius 1 is 1.02 bits per heavy atom. The summed E-state index contributed by atoms with van der Waals surface area (Å²) in [6.07, 6.45) is 1.18. The quantitative estimate of drug-likeness (QED) is 0.0814. The van der Waals surface area contributed by atoms with E-state index in [2.05, 4.69) is 71.4 Å². The number of Topliss-reactive ketones (excluding diaryl/α,β-unsaturated/α-hetero) is 1. The van der Waals surface area contributed by atoms with Gasteiger partial charge in [-0.05, 0) is 85.5 Å². The van der Waals surface area contributed by atoms with Crippen molar-refractivity contribution in [3.8, 4) is 0 Å². The van der Waals surface area contributed by atoms with Crippen LogP contribution < -0.4 is 21.7 Å². The van der Waals surface area contributed by atoms with Gasteiger partial charge in [-0.2, -0.15) is 13.2 Å². The molecule has 1 aliphatic carbocycles. The molecule has 5 rings (SSSR count). The molecule has 5 nitrogen and oxygen atoms in total. The predicted molar refractivity (Wildman–Crippen MR) is 181 cm³/mol. The summed E-state index contributed by atoms with van der Waals surface area (Å²) in [5.74, 6) is 0.530. The van der Waals surface area contributed by atoms with E-state index in [0.717, 1.165) is 36.7 Å². The van der Waals surface area contributed by atoms with Crippen LogP contribution in [-0.4, -0.2) is 25.0 Å². The largest absolute Gasteiger partial charge is 0.416 e. The van der Waals surface area contributed by atoms with Crippen LogP contribution in [0.1, 0.15) is 85.9 Å². The third-order valence-corrected chi connectivity index (χ3v) is 8.01. The number of carbonyl (C=O) groups is 1. The first-order valence-electron chi connectivity index (χ1n) is 16.3. The number of anilines is 1. The van der Waals surface area contributed by atoms with Gasteiger partial charge in [-0.15, -0.1) is 0 Å². The van der Waals surface area contributed by atoms with Crippen LogP contribution in [0.3, 0.4) is 0 Å². The number of rotatable bonds is 14. The van der Waals surface area contributed by atoms with Gasteiger partial charge in [-0.3, -0.25) is 4.79 Å². The van der Waals surface area contributed by atoms with Crippen LogP contribution in [0.4, 0.5) is 18.9 Å². The monoisotopic (exact) mass is 632 g/mol. The van der Waals surface area contributed by atoms with E-state index in [4.69, 9.17) is 5.73 Å². The normalized spacial score (nSPS) is 17.2. The molecule has 0 aromatic heterocycles. The highest BCUT2D eigenvalue weighted by Gasteiger charge is 2.32. The van der Waals surface area contributed by atoms with E-state index in [0.29, 0.717) is 30.7 Å². The lowest BCUT2D eigenvalue weighted by atomic mass is 9.95. The predicted octanol–water partition coefficient (Wildman–Crippen LogP) is 8.44. The minimum atomic E-state index is -4.51. The van der Waals surface area contributed by atoms with E-state index in [-0.39, 0.29) is 24.3 Å². The minimum Gasteiger partial charge on any atom is -0.353 e. The average molecular weight is 633 g/mol. The molecule has 1 aliphatic heterocycles. The Kier molecular flexibility index (Phi) is 12.8. The standard InChI is InChI=1S/C20H24N2.C18H23F3N2O/c1-14-4-2-6-17(10-14)20(22-12-15-8-9-15)18-7-3-5-16(11-18)19-13-21-19;1-3-6-14(18(19,20)21)11-16(17(24)7-4-2)23-15-9-5-8-13(10-15)12-22/h2-7,10-11,15,19-22H,8-9,12-13H2,1H3;5-6,8-11,23H,3-4,7,12,22H2,1-2H3/b;14-6-,16-11-. The van der Waals surface area contributed by atoms with Gasteiger partial charge in [0.2, 0.25) is 0 Å². The van der Waals surface area contributed by atoms with Crippen LogP contribution >= 0.6 is 0 Å². The molecule has 3 aromatic carbocycles. The summed E-state index contributed by atoms with van der Waals surface area (Å²) < 4.78 is 39.3. The van der Waals surface area contributed by atoms with Gasteiger partial charge in [0.15, 0.2) is 5.78 Å².